The van der Waals surface area contributed by atoms with Crippen LogP contribution >= 0.6 is 0 Å². The Kier molecular flexibility index (Phi) is 7.48. The third kappa shape index (κ3) is 6.08. The lowest BCUT2D eigenvalue weighted by molar-refractivity contribution is -0.120. The number of para-hydroxylation sites is 1. The van der Waals surface area contributed by atoms with Crippen molar-refractivity contribution < 1.29 is 18.4 Å². The summed E-state index contributed by atoms with van der Waals surface area (Å²) in [5, 5.41) is 5.37. The molecule has 1 heterocycles. The number of aryl methyl sites for hydroxylation is 1. The zero-order chi connectivity index (χ0) is 21.5. The Morgan fingerprint density at radius 2 is 1.43 bits per heavy atom. The molecule has 0 aliphatic carbocycles. The first-order valence-electron chi connectivity index (χ1n) is 10.0. The highest BCUT2D eigenvalue weighted by Crippen LogP contribution is 2.16. The van der Waals surface area contributed by atoms with Gasteiger partial charge in [-0.05, 0) is 30.2 Å². The minimum Gasteiger partial charge on any atom is -0.325 e. The standard InChI is InChI=1S/C22H26F2N4O2/c1-2-16-5-3-4-6-19(16)25-21(29)14-27-9-11-28(12-10-27)15-22(30)26-20-13-17(23)7-8-18(20)24/h3-8,13H,2,9-12,14-15H2,1H3,(H,25,29)(H,26,30). The fraction of sp³-hybridized carbons (Fsp3) is 0.364. The summed E-state index contributed by atoms with van der Waals surface area (Å²) in [5.41, 5.74) is 1.77. The van der Waals surface area contributed by atoms with E-state index in [-0.39, 0.29) is 24.7 Å². The second-order valence-electron chi connectivity index (χ2n) is 7.28. The van der Waals surface area contributed by atoms with Crippen LogP contribution in [0.5, 0.6) is 0 Å². The van der Waals surface area contributed by atoms with E-state index in [1.165, 1.54) is 0 Å². The van der Waals surface area contributed by atoms with E-state index in [1.54, 1.807) is 0 Å². The van der Waals surface area contributed by atoms with Gasteiger partial charge in [0.05, 0.1) is 18.8 Å². The maximum atomic E-state index is 13.6. The number of piperazine rings is 1. The molecule has 0 saturated carbocycles. The summed E-state index contributed by atoms with van der Waals surface area (Å²) in [7, 11) is 0. The molecule has 1 aliphatic rings. The molecule has 30 heavy (non-hydrogen) atoms. The zero-order valence-electron chi connectivity index (χ0n) is 17.0. The Morgan fingerprint density at radius 3 is 2.03 bits per heavy atom. The number of benzene rings is 2. The van der Waals surface area contributed by atoms with Crippen LogP contribution in [-0.2, 0) is 16.0 Å². The Labute approximate surface area is 174 Å². The van der Waals surface area contributed by atoms with Gasteiger partial charge in [-0.2, -0.15) is 0 Å². The van der Waals surface area contributed by atoms with Crippen LogP contribution in [0, 0.1) is 11.6 Å². The van der Waals surface area contributed by atoms with Crippen molar-refractivity contribution in [3.63, 3.8) is 0 Å². The van der Waals surface area contributed by atoms with Crippen molar-refractivity contribution in [3.05, 3.63) is 59.7 Å². The van der Waals surface area contributed by atoms with Gasteiger partial charge in [0.25, 0.3) is 0 Å². The van der Waals surface area contributed by atoms with E-state index in [0.717, 1.165) is 35.9 Å². The Balaban J connectivity index is 1.42. The van der Waals surface area contributed by atoms with Gasteiger partial charge in [-0.1, -0.05) is 25.1 Å². The van der Waals surface area contributed by atoms with Gasteiger partial charge in [-0.15, -0.1) is 0 Å². The highest BCUT2D eigenvalue weighted by molar-refractivity contribution is 5.93. The predicted octanol–water partition coefficient (Wildman–Crippen LogP) is 2.72. The number of rotatable bonds is 7. The molecule has 160 valence electrons. The number of anilines is 2. The summed E-state index contributed by atoms with van der Waals surface area (Å²) in [6, 6.07) is 10.7. The molecule has 6 nitrogen and oxygen atoms in total. The van der Waals surface area contributed by atoms with Crippen molar-refractivity contribution in [2.45, 2.75) is 13.3 Å². The Bertz CT molecular complexity index is 898. The van der Waals surface area contributed by atoms with E-state index in [1.807, 2.05) is 41.0 Å². The van der Waals surface area contributed by atoms with Gasteiger partial charge < -0.3 is 10.6 Å². The highest BCUT2D eigenvalue weighted by Gasteiger charge is 2.21. The Morgan fingerprint density at radius 1 is 0.867 bits per heavy atom. The first kappa shape index (κ1) is 21.9. The normalized spacial score (nSPS) is 15.0. The van der Waals surface area contributed by atoms with Gasteiger partial charge in [-0.3, -0.25) is 19.4 Å². The first-order chi connectivity index (χ1) is 14.4. The van der Waals surface area contributed by atoms with Gasteiger partial charge in [0.1, 0.15) is 11.6 Å². The van der Waals surface area contributed by atoms with Gasteiger partial charge in [-0.25, -0.2) is 8.78 Å². The van der Waals surface area contributed by atoms with Crippen LogP contribution in [0.1, 0.15) is 12.5 Å². The molecule has 0 bridgehead atoms. The number of amides is 2. The van der Waals surface area contributed by atoms with Crippen molar-refractivity contribution in [1.82, 2.24) is 9.80 Å². The van der Waals surface area contributed by atoms with Crippen molar-refractivity contribution in [2.75, 3.05) is 49.9 Å². The van der Waals surface area contributed by atoms with Gasteiger partial charge >= 0.3 is 0 Å². The maximum Gasteiger partial charge on any atom is 0.238 e. The fourth-order valence-corrected chi connectivity index (χ4v) is 3.44. The molecule has 2 aromatic carbocycles. The van der Waals surface area contributed by atoms with Gasteiger partial charge in [0.15, 0.2) is 0 Å². The largest absolute Gasteiger partial charge is 0.325 e. The van der Waals surface area contributed by atoms with E-state index in [2.05, 4.69) is 10.6 Å². The molecular weight excluding hydrogens is 390 g/mol. The van der Waals surface area contributed by atoms with Gasteiger partial charge in [0.2, 0.25) is 11.8 Å². The zero-order valence-corrected chi connectivity index (χ0v) is 17.0. The molecular formula is C22H26F2N4O2. The lowest BCUT2D eigenvalue weighted by Crippen LogP contribution is -2.50. The van der Waals surface area contributed by atoms with Crippen molar-refractivity contribution in [2.24, 2.45) is 0 Å². The summed E-state index contributed by atoms with van der Waals surface area (Å²) in [5.74, 6) is -1.75. The molecule has 0 atom stereocenters. The third-order valence-corrected chi connectivity index (χ3v) is 5.07. The molecule has 0 spiro atoms. The minimum atomic E-state index is -0.676. The summed E-state index contributed by atoms with van der Waals surface area (Å²) in [6.45, 7) is 4.92. The molecule has 2 amide bonds. The van der Waals surface area contributed by atoms with Crippen LogP contribution in [0.3, 0.4) is 0 Å². The maximum absolute atomic E-state index is 13.6. The van der Waals surface area contributed by atoms with Crippen LogP contribution in [0.4, 0.5) is 20.2 Å². The monoisotopic (exact) mass is 416 g/mol. The lowest BCUT2D eigenvalue weighted by Gasteiger charge is -2.33. The number of nitrogens with one attached hydrogen (secondary N) is 2. The molecule has 8 heteroatoms. The van der Waals surface area contributed by atoms with Crippen molar-refractivity contribution >= 4 is 23.2 Å². The fourth-order valence-electron chi connectivity index (χ4n) is 3.44. The van der Waals surface area contributed by atoms with Crippen LogP contribution in [-0.4, -0.2) is 60.9 Å². The summed E-state index contributed by atoms with van der Waals surface area (Å²) < 4.78 is 26.9. The quantitative estimate of drug-likeness (QED) is 0.729. The van der Waals surface area contributed by atoms with E-state index >= 15 is 0 Å². The van der Waals surface area contributed by atoms with Crippen LogP contribution in [0.2, 0.25) is 0 Å². The van der Waals surface area contributed by atoms with Crippen LogP contribution < -0.4 is 10.6 Å². The van der Waals surface area contributed by atoms with Crippen molar-refractivity contribution in [3.8, 4) is 0 Å². The SMILES string of the molecule is CCc1ccccc1NC(=O)CN1CCN(CC(=O)Nc2cc(F)ccc2F)CC1. The molecule has 0 aromatic heterocycles. The molecule has 1 saturated heterocycles. The Hall–Kier alpha value is -2.84. The average Bonchev–Trinajstić information content (AvgIpc) is 2.72. The molecule has 0 unspecified atom stereocenters. The van der Waals surface area contributed by atoms with E-state index in [9.17, 15) is 18.4 Å². The topological polar surface area (TPSA) is 64.7 Å². The van der Waals surface area contributed by atoms with E-state index < -0.39 is 17.5 Å². The lowest BCUT2D eigenvalue weighted by atomic mass is 10.1. The summed E-state index contributed by atoms with van der Waals surface area (Å²) in [4.78, 5) is 28.5. The van der Waals surface area contributed by atoms with Gasteiger partial charge in [0, 0.05) is 37.9 Å². The summed E-state index contributed by atoms with van der Waals surface area (Å²) in [6.07, 6.45) is 0.844. The molecule has 1 fully saturated rings. The first-order valence-corrected chi connectivity index (χ1v) is 10.0. The third-order valence-electron chi connectivity index (χ3n) is 5.07. The van der Waals surface area contributed by atoms with E-state index in [0.29, 0.717) is 26.2 Å². The van der Waals surface area contributed by atoms with Crippen molar-refractivity contribution in [1.29, 1.82) is 0 Å². The predicted molar refractivity (Wildman–Crippen MR) is 112 cm³/mol. The molecule has 3 rings (SSSR count). The van der Waals surface area contributed by atoms with E-state index in [4.69, 9.17) is 0 Å². The molecule has 2 N–H and O–H groups in total. The second-order valence-corrected chi connectivity index (χ2v) is 7.28. The average molecular weight is 416 g/mol. The molecule has 1 aliphatic heterocycles. The summed E-state index contributed by atoms with van der Waals surface area (Å²) >= 11 is 0. The minimum absolute atomic E-state index is 0.0660. The number of carbonyl (C=O) groups is 2. The number of halogens is 2. The number of hydrogen-bond donors (Lipinski definition) is 2. The number of hydrogen-bond acceptors (Lipinski definition) is 4. The molecule has 0 radical (unpaired) electrons. The second kappa shape index (κ2) is 10.3. The number of carbonyl (C=O) groups excluding carboxylic acids is 2. The van der Waals surface area contributed by atoms with Crippen LogP contribution in [0.15, 0.2) is 42.5 Å². The smallest absolute Gasteiger partial charge is 0.238 e. The highest BCUT2D eigenvalue weighted by atomic mass is 19.1. The number of nitrogens with zero attached hydrogens (tertiary/aromatic N) is 2. The molecule has 2 aromatic rings. The van der Waals surface area contributed by atoms with Crippen LogP contribution in [0.25, 0.3) is 0 Å².